The van der Waals surface area contributed by atoms with Crippen LogP contribution in [-0.4, -0.2) is 33.1 Å². The Hall–Kier alpha value is -1.73. The first-order valence-electron chi connectivity index (χ1n) is 8.40. The van der Waals surface area contributed by atoms with Crippen molar-refractivity contribution >= 4 is 17.2 Å². The van der Waals surface area contributed by atoms with E-state index >= 15 is 0 Å². The van der Waals surface area contributed by atoms with Crippen molar-refractivity contribution in [2.75, 3.05) is 6.61 Å². The molecule has 0 spiro atoms. The standard InChI is InChI=1S/C17H24N4O2S/c1-5-23-12(4)17-19-11(3)15(24-17)16(22)20-13-6-7-14-18-10(2)8-21(14)9-13/h8,12-13H,5-7,9H2,1-4H3,(H,20,22)/t12-,13+/m0/s1. The Morgan fingerprint density at radius 1 is 1.50 bits per heavy atom. The molecule has 0 unspecified atom stereocenters. The number of aromatic nitrogens is 3. The van der Waals surface area contributed by atoms with Crippen LogP contribution in [0.3, 0.4) is 0 Å². The Morgan fingerprint density at radius 2 is 2.29 bits per heavy atom. The smallest absolute Gasteiger partial charge is 0.263 e. The molecule has 1 aliphatic rings. The Kier molecular flexibility index (Phi) is 5.01. The molecule has 3 heterocycles. The summed E-state index contributed by atoms with van der Waals surface area (Å²) in [7, 11) is 0. The minimum Gasteiger partial charge on any atom is -0.372 e. The summed E-state index contributed by atoms with van der Waals surface area (Å²) in [5, 5.41) is 4.01. The Bertz CT molecular complexity index is 737. The van der Waals surface area contributed by atoms with Crippen LogP contribution in [0.25, 0.3) is 0 Å². The zero-order chi connectivity index (χ0) is 17.3. The normalized spacial score (nSPS) is 18.2. The van der Waals surface area contributed by atoms with E-state index in [1.807, 2.05) is 33.9 Å². The highest BCUT2D eigenvalue weighted by Gasteiger charge is 2.24. The number of ether oxygens (including phenoxy) is 1. The third kappa shape index (κ3) is 3.52. The van der Waals surface area contributed by atoms with Crippen molar-refractivity contribution in [1.82, 2.24) is 19.9 Å². The number of hydrogen-bond donors (Lipinski definition) is 1. The van der Waals surface area contributed by atoms with Gasteiger partial charge in [-0.05, 0) is 34.1 Å². The molecule has 0 saturated carbocycles. The summed E-state index contributed by atoms with van der Waals surface area (Å²) in [6, 6.07) is 0.132. The van der Waals surface area contributed by atoms with Crippen molar-refractivity contribution in [3.8, 4) is 0 Å². The van der Waals surface area contributed by atoms with E-state index in [9.17, 15) is 4.79 Å². The number of carbonyl (C=O) groups is 1. The van der Waals surface area contributed by atoms with Gasteiger partial charge in [0, 0.05) is 31.8 Å². The average molecular weight is 348 g/mol. The number of aryl methyl sites for hydroxylation is 3. The lowest BCUT2D eigenvalue weighted by atomic mass is 10.1. The Balaban J connectivity index is 1.67. The van der Waals surface area contributed by atoms with Gasteiger partial charge in [-0.2, -0.15) is 0 Å². The summed E-state index contributed by atoms with van der Waals surface area (Å²) in [5.74, 6) is 1.07. The summed E-state index contributed by atoms with van der Waals surface area (Å²) < 4.78 is 7.72. The van der Waals surface area contributed by atoms with Gasteiger partial charge < -0.3 is 14.6 Å². The molecule has 2 aromatic rings. The fourth-order valence-electron chi connectivity index (χ4n) is 3.08. The molecule has 0 saturated heterocycles. The first-order chi connectivity index (χ1) is 11.5. The third-order valence-corrected chi connectivity index (χ3v) is 5.55. The SMILES string of the molecule is CCO[C@@H](C)c1nc(C)c(C(=O)N[C@@H]2CCc3nc(C)cn3C2)s1. The van der Waals surface area contributed by atoms with E-state index in [1.165, 1.54) is 11.3 Å². The molecule has 1 amide bonds. The third-order valence-electron chi connectivity index (χ3n) is 4.23. The molecule has 0 bridgehead atoms. The Morgan fingerprint density at radius 3 is 3.04 bits per heavy atom. The molecule has 0 fully saturated rings. The van der Waals surface area contributed by atoms with E-state index < -0.39 is 0 Å². The molecule has 2 atom stereocenters. The van der Waals surface area contributed by atoms with Crippen LogP contribution in [-0.2, 0) is 17.7 Å². The van der Waals surface area contributed by atoms with Crippen LogP contribution >= 0.6 is 11.3 Å². The summed E-state index contributed by atoms with van der Waals surface area (Å²) in [5.41, 5.74) is 1.80. The molecule has 0 aromatic carbocycles. The van der Waals surface area contributed by atoms with Crippen LogP contribution < -0.4 is 5.32 Å². The summed E-state index contributed by atoms with van der Waals surface area (Å²) in [6.45, 7) is 9.22. The van der Waals surface area contributed by atoms with E-state index in [4.69, 9.17) is 4.74 Å². The molecular weight excluding hydrogens is 324 g/mol. The van der Waals surface area contributed by atoms with Gasteiger partial charge in [0.2, 0.25) is 0 Å². The monoisotopic (exact) mass is 348 g/mol. The van der Waals surface area contributed by atoms with Crippen molar-refractivity contribution in [3.05, 3.63) is 33.3 Å². The highest BCUT2D eigenvalue weighted by Crippen LogP contribution is 2.26. The maximum atomic E-state index is 12.6. The second-order valence-corrected chi connectivity index (χ2v) is 7.25. The molecule has 1 aliphatic heterocycles. The molecule has 3 rings (SSSR count). The second-order valence-electron chi connectivity index (χ2n) is 6.22. The van der Waals surface area contributed by atoms with Gasteiger partial charge in [0.1, 0.15) is 21.8 Å². The lowest BCUT2D eigenvalue weighted by molar-refractivity contribution is 0.0761. The van der Waals surface area contributed by atoms with E-state index in [-0.39, 0.29) is 18.1 Å². The fourth-order valence-corrected chi connectivity index (χ4v) is 4.05. The maximum absolute atomic E-state index is 12.6. The number of rotatable bonds is 5. The number of imidazole rings is 1. The van der Waals surface area contributed by atoms with Gasteiger partial charge in [-0.25, -0.2) is 9.97 Å². The quantitative estimate of drug-likeness (QED) is 0.902. The first kappa shape index (κ1) is 17.1. The van der Waals surface area contributed by atoms with Gasteiger partial charge in [-0.3, -0.25) is 4.79 Å². The molecule has 0 aliphatic carbocycles. The molecule has 2 aromatic heterocycles. The number of nitrogens with zero attached hydrogens (tertiary/aromatic N) is 3. The van der Waals surface area contributed by atoms with Crippen molar-refractivity contribution in [3.63, 3.8) is 0 Å². The lowest BCUT2D eigenvalue weighted by Gasteiger charge is -2.24. The fraction of sp³-hybridized carbons (Fsp3) is 0.588. The van der Waals surface area contributed by atoms with Crippen LogP contribution in [0.2, 0.25) is 0 Å². The number of thiazole rings is 1. The average Bonchev–Trinajstić information content (AvgIpc) is 3.09. The number of carbonyl (C=O) groups excluding carboxylic acids is 1. The maximum Gasteiger partial charge on any atom is 0.263 e. The first-order valence-corrected chi connectivity index (χ1v) is 9.22. The van der Waals surface area contributed by atoms with Crippen LogP contribution in [0, 0.1) is 13.8 Å². The zero-order valence-corrected chi connectivity index (χ0v) is 15.4. The summed E-state index contributed by atoms with van der Waals surface area (Å²) in [4.78, 5) is 22.3. The molecule has 7 heteroatoms. The van der Waals surface area contributed by atoms with E-state index in [1.54, 1.807) is 0 Å². The second kappa shape index (κ2) is 7.03. The van der Waals surface area contributed by atoms with Crippen molar-refractivity contribution in [1.29, 1.82) is 0 Å². The molecule has 24 heavy (non-hydrogen) atoms. The minimum absolute atomic E-state index is 0.0368. The van der Waals surface area contributed by atoms with Crippen LogP contribution in [0.1, 0.15) is 58.3 Å². The van der Waals surface area contributed by atoms with Gasteiger partial charge >= 0.3 is 0 Å². The lowest BCUT2D eigenvalue weighted by Crippen LogP contribution is -2.40. The van der Waals surface area contributed by atoms with Crippen LogP contribution in [0.5, 0.6) is 0 Å². The highest BCUT2D eigenvalue weighted by molar-refractivity contribution is 7.13. The number of nitrogens with one attached hydrogen (secondary N) is 1. The number of hydrogen-bond acceptors (Lipinski definition) is 5. The van der Waals surface area contributed by atoms with Gasteiger partial charge in [0.25, 0.3) is 5.91 Å². The topological polar surface area (TPSA) is 69.0 Å². The van der Waals surface area contributed by atoms with Gasteiger partial charge in [-0.1, -0.05) is 0 Å². The minimum atomic E-state index is -0.0774. The number of amides is 1. The Labute approximate surface area is 146 Å². The molecule has 6 nitrogen and oxygen atoms in total. The number of fused-ring (bicyclic) bond motifs is 1. The predicted octanol–water partition coefficient (Wildman–Crippen LogP) is 2.80. The summed E-state index contributed by atoms with van der Waals surface area (Å²) in [6.07, 6.45) is 3.79. The molecule has 130 valence electrons. The molecule has 1 N–H and O–H groups in total. The van der Waals surface area contributed by atoms with E-state index in [0.29, 0.717) is 11.5 Å². The van der Waals surface area contributed by atoms with E-state index in [2.05, 4.69) is 19.9 Å². The van der Waals surface area contributed by atoms with Gasteiger partial charge in [-0.15, -0.1) is 11.3 Å². The van der Waals surface area contributed by atoms with Crippen molar-refractivity contribution in [2.24, 2.45) is 0 Å². The highest BCUT2D eigenvalue weighted by atomic mass is 32.1. The van der Waals surface area contributed by atoms with Crippen LogP contribution in [0.15, 0.2) is 6.20 Å². The van der Waals surface area contributed by atoms with Crippen molar-refractivity contribution < 1.29 is 9.53 Å². The molecule has 0 radical (unpaired) electrons. The zero-order valence-electron chi connectivity index (χ0n) is 14.6. The largest absolute Gasteiger partial charge is 0.372 e. The van der Waals surface area contributed by atoms with Gasteiger partial charge in [0.15, 0.2) is 0 Å². The predicted molar refractivity (Wildman–Crippen MR) is 93.4 cm³/mol. The van der Waals surface area contributed by atoms with E-state index in [0.717, 1.165) is 41.6 Å². The van der Waals surface area contributed by atoms with Crippen molar-refractivity contribution in [2.45, 2.75) is 59.2 Å². The van der Waals surface area contributed by atoms with Crippen LogP contribution in [0.4, 0.5) is 0 Å². The van der Waals surface area contributed by atoms with Gasteiger partial charge in [0.05, 0.1) is 11.4 Å². The summed E-state index contributed by atoms with van der Waals surface area (Å²) >= 11 is 1.43. The molecular formula is C17H24N4O2S.